The number of fused-ring (bicyclic) bond motifs is 1. The average Bonchev–Trinajstić information content (AvgIpc) is 3.57. The molecule has 0 radical (unpaired) electrons. The molecule has 1 fully saturated rings. The van der Waals surface area contributed by atoms with E-state index in [4.69, 9.17) is 5.73 Å². The molecule has 192 valence electrons. The number of aromatic nitrogens is 4. The number of rotatable bonds is 6. The van der Waals surface area contributed by atoms with Gasteiger partial charge in [0.15, 0.2) is 0 Å². The number of carbonyl (C=O) groups is 1. The minimum atomic E-state index is -0.258. The highest BCUT2D eigenvalue weighted by Gasteiger charge is 2.18. The van der Waals surface area contributed by atoms with Crippen LogP contribution in [0.1, 0.15) is 34.6 Å². The van der Waals surface area contributed by atoms with Crippen LogP contribution >= 0.6 is 11.3 Å². The number of aryl methyl sites for hydroxylation is 1. The summed E-state index contributed by atoms with van der Waals surface area (Å²) in [4.78, 5) is 28.9. The Morgan fingerprint density at radius 3 is 2.84 bits per heavy atom. The lowest BCUT2D eigenvalue weighted by Crippen LogP contribution is -2.42. The van der Waals surface area contributed by atoms with Gasteiger partial charge in [-0.1, -0.05) is 6.07 Å². The lowest BCUT2D eigenvalue weighted by atomic mass is 10.0. The van der Waals surface area contributed by atoms with Crippen molar-refractivity contribution in [2.75, 3.05) is 18.4 Å². The summed E-state index contributed by atoms with van der Waals surface area (Å²) in [7, 11) is 0. The van der Waals surface area contributed by atoms with Gasteiger partial charge >= 0.3 is 0 Å². The quantitative estimate of drug-likeness (QED) is 0.324. The van der Waals surface area contributed by atoms with Crippen molar-refractivity contribution in [3.05, 3.63) is 89.7 Å². The monoisotopic (exact) mass is 523 g/mol. The number of hydrogen-bond acceptors (Lipinski definition) is 7. The van der Waals surface area contributed by atoms with Crippen LogP contribution in [0.3, 0.4) is 0 Å². The topological polar surface area (TPSA) is 102 Å². The van der Waals surface area contributed by atoms with Crippen LogP contribution in [0.5, 0.6) is 0 Å². The SMILES string of the molecule is Cc1cn(-c2cc(CN3CCC[C@H](N)C3)cc(NC(=O)c3cc(-c4ccc5scnc5c4)ccn3)c2)cn1. The molecule has 6 rings (SSSR count). The fourth-order valence-electron chi connectivity index (χ4n) is 5.01. The third-order valence-corrected chi connectivity index (χ3v) is 7.66. The first-order valence-corrected chi connectivity index (χ1v) is 13.6. The van der Waals surface area contributed by atoms with Gasteiger partial charge in [0.05, 0.1) is 27.7 Å². The molecule has 3 N–H and O–H groups in total. The molecule has 0 unspecified atom stereocenters. The molecular formula is C29H29N7OS. The number of piperidine rings is 1. The van der Waals surface area contributed by atoms with Crippen LogP contribution in [0.4, 0.5) is 5.69 Å². The summed E-state index contributed by atoms with van der Waals surface area (Å²) < 4.78 is 3.11. The highest BCUT2D eigenvalue weighted by Crippen LogP contribution is 2.27. The largest absolute Gasteiger partial charge is 0.327 e. The van der Waals surface area contributed by atoms with Crippen LogP contribution in [0, 0.1) is 6.92 Å². The minimum Gasteiger partial charge on any atom is -0.327 e. The maximum atomic E-state index is 13.3. The number of carbonyl (C=O) groups excluding carboxylic acids is 1. The van der Waals surface area contributed by atoms with Crippen molar-refractivity contribution in [2.45, 2.75) is 32.4 Å². The predicted molar refractivity (Wildman–Crippen MR) is 152 cm³/mol. The number of nitrogens with one attached hydrogen (secondary N) is 1. The van der Waals surface area contributed by atoms with Crippen molar-refractivity contribution in [3.8, 4) is 16.8 Å². The van der Waals surface area contributed by atoms with Gasteiger partial charge in [-0.2, -0.15) is 0 Å². The zero-order valence-electron chi connectivity index (χ0n) is 21.2. The van der Waals surface area contributed by atoms with Crippen molar-refractivity contribution in [1.82, 2.24) is 24.4 Å². The van der Waals surface area contributed by atoms with Crippen molar-refractivity contribution in [3.63, 3.8) is 0 Å². The van der Waals surface area contributed by atoms with E-state index >= 15 is 0 Å². The second-order valence-electron chi connectivity index (χ2n) is 9.87. The first-order chi connectivity index (χ1) is 18.5. The molecule has 9 heteroatoms. The Morgan fingerprint density at radius 1 is 1.11 bits per heavy atom. The fraction of sp³-hybridized carbons (Fsp3) is 0.241. The summed E-state index contributed by atoms with van der Waals surface area (Å²) >= 11 is 1.61. The smallest absolute Gasteiger partial charge is 0.274 e. The number of nitrogens with zero attached hydrogens (tertiary/aromatic N) is 5. The van der Waals surface area contributed by atoms with Gasteiger partial charge in [0, 0.05) is 42.9 Å². The number of nitrogens with two attached hydrogens (primary N) is 1. The summed E-state index contributed by atoms with van der Waals surface area (Å²) in [6.45, 7) is 4.63. The molecule has 1 atom stereocenters. The van der Waals surface area contributed by atoms with E-state index in [-0.39, 0.29) is 11.9 Å². The number of amides is 1. The Hall–Kier alpha value is -3.92. The number of imidazole rings is 1. The number of likely N-dealkylation sites (tertiary alicyclic amines) is 1. The average molecular weight is 524 g/mol. The van der Waals surface area contributed by atoms with E-state index in [0.29, 0.717) is 11.4 Å². The van der Waals surface area contributed by atoms with Gasteiger partial charge in [0.1, 0.15) is 5.69 Å². The zero-order valence-corrected chi connectivity index (χ0v) is 22.0. The van der Waals surface area contributed by atoms with Crippen LogP contribution in [0.15, 0.2) is 72.8 Å². The van der Waals surface area contributed by atoms with Gasteiger partial charge in [-0.3, -0.25) is 14.7 Å². The molecule has 4 heterocycles. The summed E-state index contributed by atoms with van der Waals surface area (Å²) in [5.41, 5.74) is 15.0. The van der Waals surface area contributed by atoms with E-state index in [1.54, 1.807) is 23.9 Å². The number of hydrogen-bond donors (Lipinski definition) is 2. The molecule has 5 aromatic rings. The maximum absolute atomic E-state index is 13.3. The molecule has 38 heavy (non-hydrogen) atoms. The number of thiazole rings is 1. The normalized spacial score (nSPS) is 16.1. The molecular weight excluding hydrogens is 494 g/mol. The second kappa shape index (κ2) is 10.4. The number of anilines is 1. The van der Waals surface area contributed by atoms with E-state index < -0.39 is 0 Å². The molecule has 1 aliphatic heterocycles. The Kier molecular flexibility index (Phi) is 6.71. The van der Waals surface area contributed by atoms with Crippen LogP contribution in [0.2, 0.25) is 0 Å². The van der Waals surface area contributed by atoms with E-state index in [2.05, 4.69) is 37.3 Å². The second-order valence-corrected chi connectivity index (χ2v) is 10.8. The summed E-state index contributed by atoms with van der Waals surface area (Å²) in [5, 5.41) is 3.08. The molecule has 0 bridgehead atoms. The Bertz CT molecular complexity index is 1610. The van der Waals surface area contributed by atoms with Crippen molar-refractivity contribution < 1.29 is 4.79 Å². The minimum absolute atomic E-state index is 0.206. The third-order valence-electron chi connectivity index (χ3n) is 6.85. The molecule has 0 aliphatic carbocycles. The lowest BCUT2D eigenvalue weighted by molar-refractivity contribution is 0.102. The summed E-state index contributed by atoms with van der Waals surface area (Å²) in [6.07, 6.45) is 7.61. The maximum Gasteiger partial charge on any atom is 0.274 e. The van der Waals surface area contributed by atoms with Gasteiger partial charge in [-0.25, -0.2) is 9.97 Å². The molecule has 0 saturated carbocycles. The Balaban J connectivity index is 1.27. The van der Waals surface area contributed by atoms with Crippen LogP contribution in [-0.4, -0.2) is 49.5 Å². The molecule has 0 spiro atoms. The van der Waals surface area contributed by atoms with Gasteiger partial charge < -0.3 is 15.6 Å². The summed E-state index contributed by atoms with van der Waals surface area (Å²) in [5.74, 6) is -0.258. The first-order valence-electron chi connectivity index (χ1n) is 12.7. The molecule has 2 aromatic carbocycles. The Morgan fingerprint density at radius 2 is 2.00 bits per heavy atom. The predicted octanol–water partition coefficient (Wildman–Crippen LogP) is 5.03. The van der Waals surface area contributed by atoms with Crippen molar-refractivity contribution >= 4 is 33.1 Å². The van der Waals surface area contributed by atoms with Crippen LogP contribution < -0.4 is 11.1 Å². The number of benzene rings is 2. The highest BCUT2D eigenvalue weighted by molar-refractivity contribution is 7.16. The van der Waals surface area contributed by atoms with E-state index in [9.17, 15) is 4.79 Å². The summed E-state index contributed by atoms with van der Waals surface area (Å²) in [6, 6.07) is 16.2. The highest BCUT2D eigenvalue weighted by atomic mass is 32.1. The lowest BCUT2D eigenvalue weighted by Gasteiger charge is -2.30. The van der Waals surface area contributed by atoms with Gasteiger partial charge in [-0.15, -0.1) is 11.3 Å². The van der Waals surface area contributed by atoms with E-state index in [1.165, 1.54) is 0 Å². The molecule has 1 saturated heterocycles. The third kappa shape index (κ3) is 5.35. The number of pyridine rings is 1. The van der Waals surface area contributed by atoms with Crippen molar-refractivity contribution in [1.29, 1.82) is 0 Å². The van der Waals surface area contributed by atoms with Gasteiger partial charge in [0.25, 0.3) is 5.91 Å². The molecule has 1 aliphatic rings. The van der Waals surface area contributed by atoms with Crippen molar-refractivity contribution in [2.24, 2.45) is 5.73 Å². The molecule has 3 aromatic heterocycles. The standard InChI is InChI=1S/C29H29N7OS/c1-19-14-36(17-32-19)25-10-20(15-35-8-2-3-23(30)16-35)9-24(13-25)34-29(37)27-12-22(6-7-31-27)21-4-5-28-26(11-21)33-18-38-28/h4-7,9-14,17-18,23H,2-3,8,15-16,30H2,1H3,(H,34,37)/t23-/m0/s1. The van der Waals surface area contributed by atoms with Gasteiger partial charge in [-0.05, 0) is 85.5 Å². The first kappa shape index (κ1) is 24.4. The van der Waals surface area contributed by atoms with Crippen LogP contribution in [-0.2, 0) is 6.54 Å². The van der Waals surface area contributed by atoms with Crippen LogP contribution in [0.25, 0.3) is 27.0 Å². The molecule has 8 nitrogen and oxygen atoms in total. The van der Waals surface area contributed by atoms with E-state index in [1.807, 2.05) is 59.6 Å². The Labute approximate surface area is 225 Å². The zero-order chi connectivity index (χ0) is 26.1. The fourth-order valence-corrected chi connectivity index (χ4v) is 5.67. The molecule has 1 amide bonds. The van der Waals surface area contributed by atoms with E-state index in [0.717, 1.165) is 70.8 Å². The van der Waals surface area contributed by atoms with Gasteiger partial charge in [0.2, 0.25) is 0 Å².